The van der Waals surface area contributed by atoms with E-state index < -0.39 is 6.10 Å². The Kier molecular flexibility index (Phi) is 3.54. The first-order valence-electron chi connectivity index (χ1n) is 5.38. The Balaban J connectivity index is 1.80. The summed E-state index contributed by atoms with van der Waals surface area (Å²) < 4.78 is 5.15. The van der Waals surface area contributed by atoms with E-state index >= 15 is 0 Å². The van der Waals surface area contributed by atoms with Crippen molar-refractivity contribution < 1.29 is 14.6 Å². The normalized spacial score (nSPS) is 24.3. The first-order chi connectivity index (χ1) is 7.75. The van der Waals surface area contributed by atoms with Crippen molar-refractivity contribution in [2.45, 2.75) is 25.2 Å². The van der Waals surface area contributed by atoms with Crippen LogP contribution in [0.5, 0.6) is 0 Å². The van der Waals surface area contributed by atoms with Gasteiger partial charge in [-0.05, 0) is 5.56 Å². The van der Waals surface area contributed by atoms with Crippen molar-refractivity contribution in [1.82, 2.24) is 5.32 Å². The predicted molar refractivity (Wildman–Crippen MR) is 58.7 cm³/mol. The zero-order valence-electron chi connectivity index (χ0n) is 8.93. The average Bonchev–Trinajstić information content (AvgIpc) is 2.74. The van der Waals surface area contributed by atoms with Gasteiger partial charge in [-0.15, -0.1) is 0 Å². The van der Waals surface area contributed by atoms with Gasteiger partial charge in [0.1, 0.15) is 12.6 Å². The zero-order valence-corrected chi connectivity index (χ0v) is 8.93. The van der Waals surface area contributed by atoms with E-state index in [4.69, 9.17) is 4.74 Å². The second-order valence-electron chi connectivity index (χ2n) is 3.94. The van der Waals surface area contributed by atoms with Crippen LogP contribution in [0.15, 0.2) is 30.3 Å². The average molecular weight is 221 g/mol. The van der Waals surface area contributed by atoms with Gasteiger partial charge in [0.25, 0.3) is 0 Å². The number of aliphatic hydroxyl groups is 1. The number of carbonyl (C=O) groups is 1. The van der Waals surface area contributed by atoms with E-state index in [1.807, 2.05) is 30.3 Å². The maximum absolute atomic E-state index is 11.6. The topological polar surface area (TPSA) is 58.6 Å². The van der Waals surface area contributed by atoms with Crippen LogP contribution in [0.25, 0.3) is 0 Å². The molecule has 1 aliphatic heterocycles. The number of benzene rings is 1. The van der Waals surface area contributed by atoms with Crippen LogP contribution < -0.4 is 5.32 Å². The molecule has 2 atom stereocenters. The summed E-state index contributed by atoms with van der Waals surface area (Å²) in [7, 11) is 0. The van der Waals surface area contributed by atoms with Crippen LogP contribution in [0, 0.1) is 0 Å². The lowest BCUT2D eigenvalue weighted by Gasteiger charge is -2.10. The van der Waals surface area contributed by atoms with Gasteiger partial charge < -0.3 is 15.2 Å². The van der Waals surface area contributed by atoms with E-state index in [1.54, 1.807) is 0 Å². The van der Waals surface area contributed by atoms with Crippen LogP contribution in [0.2, 0.25) is 0 Å². The van der Waals surface area contributed by atoms with Gasteiger partial charge in [-0.25, -0.2) is 0 Å². The molecule has 1 aromatic rings. The van der Waals surface area contributed by atoms with Gasteiger partial charge in [0.05, 0.1) is 6.10 Å². The second-order valence-corrected chi connectivity index (χ2v) is 3.94. The van der Waals surface area contributed by atoms with Gasteiger partial charge in [-0.3, -0.25) is 4.79 Å². The molecule has 0 spiro atoms. The third-order valence-corrected chi connectivity index (χ3v) is 2.62. The number of esters is 1. The Labute approximate surface area is 94.2 Å². The number of nitrogens with one attached hydrogen (secondary N) is 1. The molecule has 2 N–H and O–H groups in total. The quantitative estimate of drug-likeness (QED) is 0.728. The molecule has 0 unspecified atom stereocenters. The first-order valence-corrected chi connectivity index (χ1v) is 5.38. The molecule has 1 aromatic carbocycles. The molecule has 86 valence electrons. The predicted octanol–water partition coefficient (Wildman–Crippen LogP) is 0.453. The summed E-state index contributed by atoms with van der Waals surface area (Å²) in [5.41, 5.74) is 0.967. The summed E-state index contributed by atoms with van der Waals surface area (Å²) in [6.45, 7) is 0.749. The number of hydrogen-bond acceptors (Lipinski definition) is 4. The van der Waals surface area contributed by atoms with Crippen LogP contribution in [-0.4, -0.2) is 29.8 Å². The van der Waals surface area contributed by atoms with Gasteiger partial charge in [0.2, 0.25) is 0 Å². The highest BCUT2D eigenvalue weighted by molar-refractivity contribution is 5.76. The number of hydrogen-bond donors (Lipinski definition) is 2. The molecular formula is C12H15NO3. The van der Waals surface area contributed by atoms with Gasteiger partial charge in [0, 0.05) is 13.0 Å². The molecule has 16 heavy (non-hydrogen) atoms. The molecule has 0 bridgehead atoms. The molecule has 2 rings (SSSR count). The van der Waals surface area contributed by atoms with Gasteiger partial charge in [-0.2, -0.15) is 0 Å². The molecule has 0 aromatic heterocycles. The van der Waals surface area contributed by atoms with E-state index in [0.29, 0.717) is 13.0 Å². The zero-order chi connectivity index (χ0) is 11.4. The van der Waals surface area contributed by atoms with E-state index in [9.17, 15) is 9.90 Å². The van der Waals surface area contributed by atoms with E-state index in [-0.39, 0.29) is 18.6 Å². The monoisotopic (exact) mass is 221 g/mol. The fraction of sp³-hybridized carbons (Fsp3) is 0.417. The van der Waals surface area contributed by atoms with Crippen LogP contribution in [0.3, 0.4) is 0 Å². The van der Waals surface area contributed by atoms with Crippen molar-refractivity contribution in [3.05, 3.63) is 35.9 Å². The highest BCUT2D eigenvalue weighted by Crippen LogP contribution is 2.09. The third kappa shape index (κ3) is 2.81. The highest BCUT2D eigenvalue weighted by atomic mass is 16.5. The minimum Gasteiger partial charge on any atom is -0.460 e. The lowest BCUT2D eigenvalue weighted by atomic mass is 10.2. The Bertz CT molecular complexity index is 353. The second kappa shape index (κ2) is 5.09. The summed E-state index contributed by atoms with van der Waals surface area (Å²) in [6.07, 6.45) is 0.00226. The first kappa shape index (κ1) is 11.1. The number of ether oxygens (including phenoxy) is 1. The molecule has 1 heterocycles. The molecule has 1 fully saturated rings. The van der Waals surface area contributed by atoms with Crippen molar-refractivity contribution in [2.24, 2.45) is 0 Å². The van der Waals surface area contributed by atoms with E-state index in [1.165, 1.54) is 0 Å². The summed E-state index contributed by atoms with van der Waals surface area (Å²) in [5.74, 6) is -0.291. The molecule has 0 radical (unpaired) electrons. The fourth-order valence-corrected chi connectivity index (χ4v) is 1.73. The van der Waals surface area contributed by atoms with Crippen molar-refractivity contribution in [1.29, 1.82) is 0 Å². The largest absolute Gasteiger partial charge is 0.460 e. The van der Waals surface area contributed by atoms with Crippen LogP contribution in [0.1, 0.15) is 12.0 Å². The summed E-state index contributed by atoms with van der Waals surface area (Å²) in [4.78, 5) is 11.6. The van der Waals surface area contributed by atoms with Gasteiger partial charge in [0.15, 0.2) is 0 Å². The van der Waals surface area contributed by atoms with Crippen LogP contribution in [-0.2, 0) is 16.1 Å². The maximum atomic E-state index is 11.6. The van der Waals surface area contributed by atoms with Gasteiger partial charge in [-0.1, -0.05) is 30.3 Å². The smallest absolute Gasteiger partial charge is 0.323 e. The van der Waals surface area contributed by atoms with Crippen molar-refractivity contribution in [2.75, 3.05) is 6.54 Å². The van der Waals surface area contributed by atoms with Crippen LogP contribution >= 0.6 is 0 Å². The lowest BCUT2D eigenvalue weighted by molar-refractivity contribution is -0.147. The van der Waals surface area contributed by atoms with Crippen molar-refractivity contribution >= 4 is 5.97 Å². The Morgan fingerprint density at radius 3 is 2.81 bits per heavy atom. The number of β-amino-alcohol motifs (C(OH)–C–C–N with tert-alkyl or cyclic N) is 1. The highest BCUT2D eigenvalue weighted by Gasteiger charge is 2.29. The Hall–Kier alpha value is -1.39. The molecular weight excluding hydrogens is 206 g/mol. The molecule has 1 aliphatic rings. The SMILES string of the molecule is O=C(OCc1ccccc1)[C@H]1C[C@@H](O)CN1. The maximum Gasteiger partial charge on any atom is 0.323 e. The van der Waals surface area contributed by atoms with E-state index in [2.05, 4.69) is 5.32 Å². The van der Waals surface area contributed by atoms with Gasteiger partial charge >= 0.3 is 5.97 Å². The molecule has 1 saturated heterocycles. The summed E-state index contributed by atoms with van der Waals surface area (Å²) >= 11 is 0. The van der Waals surface area contributed by atoms with E-state index in [0.717, 1.165) is 5.56 Å². The molecule has 0 amide bonds. The molecule has 0 aliphatic carbocycles. The van der Waals surface area contributed by atoms with Crippen molar-refractivity contribution in [3.8, 4) is 0 Å². The van der Waals surface area contributed by atoms with Crippen LogP contribution in [0.4, 0.5) is 0 Å². The summed E-state index contributed by atoms with van der Waals surface area (Å²) in [6, 6.07) is 9.18. The molecule has 4 nitrogen and oxygen atoms in total. The number of rotatable bonds is 3. The lowest BCUT2D eigenvalue weighted by Crippen LogP contribution is -2.32. The number of aliphatic hydroxyl groups excluding tert-OH is 1. The fourth-order valence-electron chi connectivity index (χ4n) is 1.73. The molecule has 4 heteroatoms. The Morgan fingerprint density at radius 1 is 1.44 bits per heavy atom. The third-order valence-electron chi connectivity index (χ3n) is 2.62. The Morgan fingerprint density at radius 2 is 2.19 bits per heavy atom. The minimum absolute atomic E-state index is 0.286. The minimum atomic E-state index is -0.436. The van der Waals surface area contributed by atoms with Crippen molar-refractivity contribution in [3.63, 3.8) is 0 Å². The summed E-state index contributed by atoms with van der Waals surface area (Å²) in [5, 5.41) is 12.2. The number of carbonyl (C=O) groups excluding carboxylic acids is 1. The standard InChI is InChI=1S/C12H15NO3/c14-10-6-11(13-7-10)12(15)16-8-9-4-2-1-3-5-9/h1-5,10-11,13-14H,6-8H2/t10-,11-/m1/s1. The molecule has 0 saturated carbocycles.